The zero-order chi connectivity index (χ0) is 20.6. The molecule has 158 valence electrons. The highest BCUT2D eigenvalue weighted by atomic mass is 79.9. The van der Waals surface area contributed by atoms with Crippen LogP contribution in [0, 0.1) is 0 Å². The molecule has 1 heterocycles. The minimum atomic E-state index is -4.24. The van der Waals surface area contributed by atoms with Gasteiger partial charge in [-0.2, -0.15) is 0 Å². The first-order valence-corrected chi connectivity index (χ1v) is 11.6. The summed E-state index contributed by atoms with van der Waals surface area (Å²) >= 11 is 14.7. The minimum absolute atomic E-state index is 0.0967. The van der Waals surface area contributed by atoms with Gasteiger partial charge in [-0.05, 0) is 0 Å². The molecule has 1 fully saturated rings. The van der Waals surface area contributed by atoms with Crippen LogP contribution in [0.25, 0.3) is 0 Å². The Morgan fingerprint density at radius 1 is 1.26 bits per heavy atom. The van der Waals surface area contributed by atoms with E-state index in [0.29, 0.717) is 0 Å². The molecule has 0 spiro atoms. The van der Waals surface area contributed by atoms with E-state index in [1.54, 1.807) is 0 Å². The Bertz CT molecular complexity index is 551. The van der Waals surface area contributed by atoms with Crippen molar-refractivity contribution in [3.8, 4) is 0 Å². The number of carbonyl (C=O) groups is 2. The molecule has 1 saturated heterocycles. The number of alkyl halides is 3. The molecule has 0 bridgehead atoms. The third-order valence-corrected chi connectivity index (χ3v) is 6.38. The van der Waals surface area contributed by atoms with E-state index in [2.05, 4.69) is 15.9 Å². The van der Waals surface area contributed by atoms with Crippen LogP contribution in [-0.2, 0) is 32.9 Å². The van der Waals surface area contributed by atoms with Crippen LogP contribution in [0.15, 0.2) is 0 Å². The average molecular weight is 515 g/mol. The molecule has 0 saturated carbocycles. The zero-order valence-corrected chi connectivity index (χ0v) is 18.9. The topological polar surface area (TPSA) is 112 Å². The van der Waals surface area contributed by atoms with Crippen molar-refractivity contribution in [2.24, 2.45) is 0 Å². The quantitative estimate of drug-likeness (QED) is 0.266. The largest absolute Gasteiger partial charge is 0.463 e. The number of ether oxygens (including phenoxy) is 3. The lowest BCUT2D eigenvalue weighted by Gasteiger charge is -2.39. The highest BCUT2D eigenvalue weighted by Gasteiger charge is 2.44. The lowest BCUT2D eigenvalue weighted by Crippen LogP contribution is -2.51. The van der Waals surface area contributed by atoms with Crippen LogP contribution >= 0.6 is 46.9 Å². The van der Waals surface area contributed by atoms with Gasteiger partial charge in [-0.15, -0.1) is 23.2 Å². The van der Waals surface area contributed by atoms with Crippen LogP contribution in [0.1, 0.15) is 20.3 Å². The zero-order valence-electron chi connectivity index (χ0n) is 14.9. The lowest BCUT2D eigenvalue weighted by molar-refractivity contribution is -0.212. The number of carbonyl (C=O) groups excluding carboxylic acids is 2. The molecule has 0 aromatic heterocycles. The standard InChI is InChI=1S/C14H23BrCl2NO8P/c1-9(19)23-8-12-14(24-10(2)20)11(15)7-13(25-12)26-27(21,22)18(5-3-16)6-4-17/h11-14H,3-8H2,1-2H3,(H,21,22). The molecule has 1 aliphatic heterocycles. The van der Waals surface area contributed by atoms with Gasteiger partial charge in [0.25, 0.3) is 0 Å². The molecule has 0 aromatic rings. The number of hydrogen-bond donors (Lipinski definition) is 1. The second kappa shape index (κ2) is 11.9. The highest BCUT2D eigenvalue weighted by molar-refractivity contribution is 9.09. The van der Waals surface area contributed by atoms with E-state index >= 15 is 0 Å². The van der Waals surface area contributed by atoms with Gasteiger partial charge in [0.2, 0.25) is 0 Å². The summed E-state index contributed by atoms with van der Waals surface area (Å²) in [4.78, 5) is 32.2. The summed E-state index contributed by atoms with van der Waals surface area (Å²) in [6.45, 7) is 2.45. The molecule has 27 heavy (non-hydrogen) atoms. The normalized spacial score (nSPS) is 27.8. The van der Waals surface area contributed by atoms with E-state index in [0.717, 1.165) is 4.67 Å². The highest BCUT2D eigenvalue weighted by Crippen LogP contribution is 2.49. The van der Waals surface area contributed by atoms with Crippen LogP contribution in [0.4, 0.5) is 0 Å². The fourth-order valence-electron chi connectivity index (χ4n) is 2.40. The van der Waals surface area contributed by atoms with Crippen LogP contribution in [0.3, 0.4) is 0 Å². The molecule has 0 radical (unpaired) electrons. The van der Waals surface area contributed by atoms with Crippen LogP contribution in [-0.4, -0.2) is 76.3 Å². The molecule has 5 unspecified atom stereocenters. The summed E-state index contributed by atoms with van der Waals surface area (Å²) < 4.78 is 34.8. The second-order valence-corrected chi connectivity index (χ2v) is 9.35. The summed E-state index contributed by atoms with van der Waals surface area (Å²) in [5, 5.41) is 0. The Morgan fingerprint density at radius 2 is 1.85 bits per heavy atom. The number of rotatable bonds is 10. The van der Waals surface area contributed by atoms with Crippen molar-refractivity contribution in [2.45, 2.75) is 43.6 Å². The first-order chi connectivity index (χ1) is 12.6. The molecular weight excluding hydrogens is 492 g/mol. The molecule has 13 heteroatoms. The number of halogens is 3. The smallest absolute Gasteiger partial charge is 0.407 e. The molecule has 0 amide bonds. The Balaban J connectivity index is 2.88. The van der Waals surface area contributed by atoms with Gasteiger partial charge >= 0.3 is 19.7 Å². The van der Waals surface area contributed by atoms with E-state index < -0.39 is 43.0 Å². The third kappa shape index (κ3) is 8.53. The van der Waals surface area contributed by atoms with Gasteiger partial charge in [-0.3, -0.25) is 14.1 Å². The lowest BCUT2D eigenvalue weighted by atomic mass is 10.0. The molecule has 1 N–H and O–H groups in total. The van der Waals surface area contributed by atoms with Gasteiger partial charge in [-0.25, -0.2) is 9.24 Å². The van der Waals surface area contributed by atoms with Gasteiger partial charge in [0.05, 0.1) is 4.83 Å². The summed E-state index contributed by atoms with van der Waals surface area (Å²) in [6.07, 6.45) is -2.63. The minimum Gasteiger partial charge on any atom is -0.463 e. The molecular formula is C14H23BrCl2NO8P. The van der Waals surface area contributed by atoms with E-state index in [-0.39, 0.29) is 37.9 Å². The first-order valence-electron chi connectivity index (χ1n) is 8.09. The van der Waals surface area contributed by atoms with E-state index in [1.165, 1.54) is 13.8 Å². The Hall–Kier alpha value is 0.0700. The van der Waals surface area contributed by atoms with Crippen molar-refractivity contribution < 1.29 is 37.8 Å². The van der Waals surface area contributed by atoms with Crippen molar-refractivity contribution in [1.82, 2.24) is 4.67 Å². The van der Waals surface area contributed by atoms with E-state index in [1.807, 2.05) is 0 Å². The second-order valence-electron chi connectivity index (χ2n) is 5.66. The Morgan fingerprint density at radius 3 is 2.33 bits per heavy atom. The fourth-order valence-corrected chi connectivity index (χ4v) is 5.08. The maximum atomic E-state index is 12.6. The summed E-state index contributed by atoms with van der Waals surface area (Å²) in [6, 6.07) is 0. The third-order valence-electron chi connectivity index (χ3n) is 3.52. The van der Waals surface area contributed by atoms with Crippen LogP contribution < -0.4 is 0 Å². The molecule has 1 rings (SSSR count). The van der Waals surface area contributed by atoms with Crippen molar-refractivity contribution in [2.75, 3.05) is 31.5 Å². The SMILES string of the molecule is CC(=O)OCC1OC(OP(=O)(O)N(CCCl)CCCl)CC(Br)C1OC(C)=O. The first kappa shape index (κ1) is 25.1. The molecule has 5 atom stereocenters. The maximum absolute atomic E-state index is 12.6. The number of hydrogen-bond acceptors (Lipinski definition) is 7. The van der Waals surface area contributed by atoms with E-state index in [9.17, 15) is 19.0 Å². The van der Waals surface area contributed by atoms with Crippen molar-refractivity contribution in [3.63, 3.8) is 0 Å². The van der Waals surface area contributed by atoms with Gasteiger partial charge in [0.1, 0.15) is 18.8 Å². The summed E-state index contributed by atoms with van der Waals surface area (Å²) in [5.74, 6) is -0.858. The van der Waals surface area contributed by atoms with E-state index in [4.69, 9.17) is 41.9 Å². The predicted molar refractivity (Wildman–Crippen MR) is 102 cm³/mol. The van der Waals surface area contributed by atoms with Gasteiger partial charge in [0, 0.05) is 45.1 Å². The number of nitrogens with zero attached hydrogens (tertiary/aromatic N) is 1. The number of esters is 2. The Labute approximate surface area is 176 Å². The van der Waals surface area contributed by atoms with Crippen molar-refractivity contribution >= 4 is 58.8 Å². The fraction of sp³-hybridized carbons (Fsp3) is 0.857. The predicted octanol–water partition coefficient (Wildman–Crippen LogP) is 2.26. The monoisotopic (exact) mass is 513 g/mol. The molecule has 0 aliphatic carbocycles. The van der Waals surface area contributed by atoms with Crippen LogP contribution in [0.5, 0.6) is 0 Å². The van der Waals surface area contributed by atoms with Crippen molar-refractivity contribution in [1.29, 1.82) is 0 Å². The van der Waals surface area contributed by atoms with Gasteiger partial charge in [-0.1, -0.05) is 15.9 Å². The van der Waals surface area contributed by atoms with Gasteiger partial charge < -0.3 is 19.1 Å². The van der Waals surface area contributed by atoms with Gasteiger partial charge in [0.15, 0.2) is 6.29 Å². The summed E-state index contributed by atoms with van der Waals surface area (Å²) in [7, 11) is -4.24. The van der Waals surface area contributed by atoms with Crippen molar-refractivity contribution in [3.05, 3.63) is 0 Å². The average Bonchev–Trinajstić information content (AvgIpc) is 2.54. The molecule has 9 nitrogen and oxygen atoms in total. The van der Waals surface area contributed by atoms with Crippen LogP contribution in [0.2, 0.25) is 0 Å². The summed E-state index contributed by atoms with van der Waals surface area (Å²) in [5.41, 5.74) is 0. The molecule has 0 aromatic carbocycles. The molecule has 1 aliphatic rings. The Kier molecular flexibility index (Phi) is 11.1. The maximum Gasteiger partial charge on any atom is 0.407 e.